The van der Waals surface area contributed by atoms with E-state index >= 15 is 0 Å². The van der Waals surface area contributed by atoms with Crippen molar-refractivity contribution in [3.63, 3.8) is 0 Å². The molecule has 2 heterocycles. The highest BCUT2D eigenvalue weighted by Gasteiger charge is 2.29. The Morgan fingerprint density at radius 3 is 2.43 bits per heavy atom. The van der Waals surface area contributed by atoms with Crippen molar-refractivity contribution in [2.24, 2.45) is 5.92 Å². The molecule has 2 aromatic rings. The second-order valence-corrected chi connectivity index (χ2v) is 8.20. The molecule has 7 nitrogen and oxygen atoms in total. The van der Waals surface area contributed by atoms with Gasteiger partial charge in [0.25, 0.3) is 11.8 Å². The van der Waals surface area contributed by atoms with Gasteiger partial charge in [-0.1, -0.05) is 18.2 Å². The van der Waals surface area contributed by atoms with Gasteiger partial charge in [-0.05, 0) is 42.0 Å². The summed E-state index contributed by atoms with van der Waals surface area (Å²) < 4.78 is 10.4. The van der Waals surface area contributed by atoms with Crippen LogP contribution in [0.2, 0.25) is 0 Å². The van der Waals surface area contributed by atoms with Gasteiger partial charge in [0.1, 0.15) is 5.75 Å². The van der Waals surface area contributed by atoms with E-state index in [2.05, 4.69) is 0 Å². The summed E-state index contributed by atoms with van der Waals surface area (Å²) in [5.41, 5.74) is 0.959. The van der Waals surface area contributed by atoms with Crippen molar-refractivity contribution in [1.29, 1.82) is 0 Å². The number of benzene rings is 1. The predicted molar refractivity (Wildman–Crippen MR) is 113 cm³/mol. The van der Waals surface area contributed by atoms with E-state index < -0.39 is 0 Å². The molecule has 8 heteroatoms. The van der Waals surface area contributed by atoms with E-state index in [4.69, 9.17) is 9.47 Å². The van der Waals surface area contributed by atoms with E-state index in [1.54, 1.807) is 25.1 Å². The lowest BCUT2D eigenvalue weighted by Gasteiger charge is -2.30. The second-order valence-electron chi connectivity index (χ2n) is 7.25. The first-order valence-corrected chi connectivity index (χ1v) is 10.7. The Balaban J connectivity index is 1.40. The van der Waals surface area contributed by atoms with Crippen molar-refractivity contribution in [3.8, 4) is 5.75 Å². The molecule has 1 fully saturated rings. The fraction of sp³-hybridized carbons (Fsp3) is 0.409. The van der Waals surface area contributed by atoms with Gasteiger partial charge in [-0.15, -0.1) is 11.3 Å². The molecule has 1 aromatic heterocycles. The molecule has 160 valence electrons. The van der Waals surface area contributed by atoms with Crippen molar-refractivity contribution in [2.75, 3.05) is 33.9 Å². The molecule has 30 heavy (non-hydrogen) atoms. The zero-order chi connectivity index (χ0) is 21.5. The van der Waals surface area contributed by atoms with E-state index in [-0.39, 0.29) is 30.3 Å². The van der Waals surface area contributed by atoms with E-state index in [1.165, 1.54) is 16.2 Å². The molecule has 0 atom stereocenters. The van der Waals surface area contributed by atoms with Crippen LogP contribution in [0.25, 0.3) is 0 Å². The predicted octanol–water partition coefficient (Wildman–Crippen LogP) is 2.81. The highest BCUT2D eigenvalue weighted by molar-refractivity contribution is 7.12. The molecule has 0 aliphatic carbocycles. The minimum atomic E-state index is -0.371. The van der Waals surface area contributed by atoms with Gasteiger partial charge in [-0.3, -0.25) is 14.4 Å². The van der Waals surface area contributed by atoms with Crippen LogP contribution in [0, 0.1) is 5.92 Å². The van der Waals surface area contributed by atoms with Crippen molar-refractivity contribution in [2.45, 2.75) is 19.4 Å². The van der Waals surface area contributed by atoms with Gasteiger partial charge < -0.3 is 19.3 Å². The summed E-state index contributed by atoms with van der Waals surface area (Å²) in [6.45, 7) is 1.17. The molecular formula is C22H26N2O5S. The summed E-state index contributed by atoms with van der Waals surface area (Å²) in [5, 5.41) is 1.88. The van der Waals surface area contributed by atoms with Crippen LogP contribution in [0.1, 0.15) is 28.1 Å². The standard InChI is InChI=1S/C22H26N2O5S/c1-23(14-16-5-7-18(28-2)8-6-16)20(25)15-29-22(27)17-9-11-24(12-10-17)21(26)19-4-3-13-30-19/h3-8,13,17H,9-12,14-15H2,1-2H3. The van der Waals surface area contributed by atoms with Gasteiger partial charge >= 0.3 is 5.97 Å². The van der Waals surface area contributed by atoms with Crippen LogP contribution in [-0.2, 0) is 20.9 Å². The summed E-state index contributed by atoms with van der Waals surface area (Å²) in [6, 6.07) is 11.1. The topological polar surface area (TPSA) is 76.2 Å². The molecular weight excluding hydrogens is 404 g/mol. The first kappa shape index (κ1) is 21.8. The molecule has 1 aliphatic heterocycles. The number of carbonyl (C=O) groups excluding carboxylic acids is 3. The van der Waals surface area contributed by atoms with E-state index in [9.17, 15) is 14.4 Å². The van der Waals surface area contributed by atoms with Crippen LogP contribution in [0.4, 0.5) is 0 Å². The number of methoxy groups -OCH3 is 1. The maximum absolute atomic E-state index is 12.4. The van der Waals surface area contributed by atoms with Crippen molar-refractivity contribution in [1.82, 2.24) is 9.80 Å². The number of rotatable bonds is 7. The van der Waals surface area contributed by atoms with Crippen LogP contribution >= 0.6 is 11.3 Å². The number of carbonyl (C=O) groups is 3. The number of esters is 1. The minimum Gasteiger partial charge on any atom is -0.497 e. The fourth-order valence-electron chi connectivity index (χ4n) is 3.33. The van der Waals surface area contributed by atoms with Crippen LogP contribution < -0.4 is 4.74 Å². The number of likely N-dealkylation sites (N-methyl/N-ethyl adjacent to an activating group) is 1. The number of nitrogens with zero attached hydrogens (tertiary/aromatic N) is 2. The number of amides is 2. The van der Waals surface area contributed by atoms with E-state index in [1.807, 2.05) is 35.7 Å². The van der Waals surface area contributed by atoms with Gasteiger partial charge in [0.05, 0.1) is 17.9 Å². The third-order valence-corrected chi connectivity index (χ3v) is 6.05. The fourth-order valence-corrected chi connectivity index (χ4v) is 4.02. The van der Waals surface area contributed by atoms with Crippen LogP contribution in [0.3, 0.4) is 0 Å². The van der Waals surface area contributed by atoms with Crippen LogP contribution in [0.15, 0.2) is 41.8 Å². The molecule has 0 spiro atoms. The third-order valence-electron chi connectivity index (χ3n) is 5.19. The van der Waals surface area contributed by atoms with Crippen molar-refractivity contribution in [3.05, 3.63) is 52.2 Å². The Kier molecular flexibility index (Phi) is 7.46. The minimum absolute atomic E-state index is 0.00662. The normalized spacial score (nSPS) is 14.3. The van der Waals surface area contributed by atoms with Crippen molar-refractivity contribution >= 4 is 29.1 Å². The van der Waals surface area contributed by atoms with E-state index in [0.717, 1.165) is 11.3 Å². The molecule has 0 saturated carbocycles. The SMILES string of the molecule is COc1ccc(CN(C)C(=O)COC(=O)C2CCN(C(=O)c3cccs3)CC2)cc1. The highest BCUT2D eigenvalue weighted by atomic mass is 32.1. The summed E-state index contributed by atoms with van der Waals surface area (Å²) in [7, 11) is 3.28. The quantitative estimate of drug-likeness (QED) is 0.632. The summed E-state index contributed by atoms with van der Waals surface area (Å²) >= 11 is 1.42. The largest absolute Gasteiger partial charge is 0.497 e. The molecule has 2 amide bonds. The Bertz CT molecular complexity index is 858. The molecule has 0 radical (unpaired) electrons. The maximum atomic E-state index is 12.4. The van der Waals surface area contributed by atoms with E-state index in [0.29, 0.717) is 37.4 Å². The molecule has 1 saturated heterocycles. The summed E-state index contributed by atoms with van der Waals surface area (Å²) in [4.78, 5) is 41.0. The highest BCUT2D eigenvalue weighted by Crippen LogP contribution is 2.22. The number of thiophene rings is 1. The summed E-state index contributed by atoms with van der Waals surface area (Å²) in [6.07, 6.45) is 1.09. The lowest BCUT2D eigenvalue weighted by molar-refractivity contribution is -0.156. The molecule has 1 aliphatic rings. The van der Waals surface area contributed by atoms with Crippen LogP contribution in [0.5, 0.6) is 5.75 Å². The number of piperidine rings is 1. The maximum Gasteiger partial charge on any atom is 0.309 e. The Morgan fingerprint density at radius 1 is 1.13 bits per heavy atom. The number of hydrogen-bond acceptors (Lipinski definition) is 6. The monoisotopic (exact) mass is 430 g/mol. The number of ether oxygens (including phenoxy) is 2. The van der Waals surface area contributed by atoms with Gasteiger partial charge in [-0.2, -0.15) is 0 Å². The Hall–Kier alpha value is -2.87. The van der Waals surface area contributed by atoms with Gasteiger partial charge in [0.15, 0.2) is 6.61 Å². The van der Waals surface area contributed by atoms with Gasteiger partial charge in [-0.25, -0.2) is 0 Å². The zero-order valence-electron chi connectivity index (χ0n) is 17.2. The number of likely N-dealkylation sites (tertiary alicyclic amines) is 1. The zero-order valence-corrected chi connectivity index (χ0v) is 18.0. The van der Waals surface area contributed by atoms with Crippen LogP contribution in [-0.4, -0.2) is 61.4 Å². The Morgan fingerprint density at radius 2 is 1.83 bits per heavy atom. The number of hydrogen-bond donors (Lipinski definition) is 0. The summed E-state index contributed by atoms with van der Waals surface area (Å²) in [5.74, 6) is -0.150. The molecule has 0 N–H and O–H groups in total. The molecule has 3 rings (SSSR count). The third kappa shape index (κ3) is 5.60. The Labute approximate surface area is 180 Å². The molecule has 1 aromatic carbocycles. The lowest BCUT2D eigenvalue weighted by atomic mass is 9.97. The second kappa shape index (κ2) is 10.2. The average molecular weight is 431 g/mol. The average Bonchev–Trinajstić information content (AvgIpc) is 3.32. The first-order valence-electron chi connectivity index (χ1n) is 9.84. The lowest BCUT2D eigenvalue weighted by Crippen LogP contribution is -2.41. The molecule has 0 unspecified atom stereocenters. The van der Waals surface area contributed by atoms with Gasteiger partial charge in [0.2, 0.25) is 0 Å². The van der Waals surface area contributed by atoms with Gasteiger partial charge in [0, 0.05) is 26.7 Å². The molecule has 0 bridgehead atoms. The smallest absolute Gasteiger partial charge is 0.309 e. The first-order chi connectivity index (χ1) is 14.5. The van der Waals surface area contributed by atoms with Crippen molar-refractivity contribution < 1.29 is 23.9 Å².